The first kappa shape index (κ1) is 11.4. The molecule has 0 fully saturated rings. The zero-order valence-corrected chi connectivity index (χ0v) is 7.00. The van der Waals surface area contributed by atoms with Gasteiger partial charge in [0, 0.05) is 0 Å². The summed E-state index contributed by atoms with van der Waals surface area (Å²) in [5, 5.41) is 0. The summed E-state index contributed by atoms with van der Waals surface area (Å²) in [5.74, 6) is -2.23. The highest BCUT2D eigenvalue weighted by Gasteiger charge is 2.38. The molecule has 0 spiro atoms. The SMILES string of the molecule is CCOC(=O)CS(=O)C(F)(F)F. The highest BCUT2D eigenvalue weighted by atomic mass is 32.2. The van der Waals surface area contributed by atoms with Crippen molar-refractivity contribution in [2.24, 2.45) is 0 Å². The maximum Gasteiger partial charge on any atom is 0.471 e. The zero-order chi connectivity index (χ0) is 9.78. The Morgan fingerprint density at radius 3 is 2.33 bits per heavy atom. The number of carbonyl (C=O) groups excluding carboxylic acids is 1. The van der Waals surface area contributed by atoms with Crippen molar-refractivity contribution in [2.45, 2.75) is 12.4 Å². The standard InChI is InChI=1S/C5H7F3O3S/c1-2-11-4(9)3-12(10)5(6,7)8/h2-3H2,1H3. The van der Waals surface area contributed by atoms with Gasteiger partial charge in [0.1, 0.15) is 16.6 Å². The number of esters is 1. The molecule has 7 heteroatoms. The molecule has 0 rings (SSSR count). The van der Waals surface area contributed by atoms with Crippen LogP contribution >= 0.6 is 0 Å². The summed E-state index contributed by atoms with van der Waals surface area (Å²) >= 11 is 0. The van der Waals surface area contributed by atoms with Crippen LogP contribution in [0.25, 0.3) is 0 Å². The van der Waals surface area contributed by atoms with Gasteiger partial charge in [0.15, 0.2) is 0 Å². The van der Waals surface area contributed by atoms with Crippen molar-refractivity contribution in [1.82, 2.24) is 0 Å². The van der Waals surface area contributed by atoms with Crippen molar-refractivity contribution >= 4 is 16.8 Å². The first-order valence-corrected chi connectivity index (χ1v) is 4.30. The van der Waals surface area contributed by atoms with Crippen molar-refractivity contribution in [1.29, 1.82) is 0 Å². The van der Waals surface area contributed by atoms with Gasteiger partial charge in [0.05, 0.1) is 6.61 Å². The lowest BCUT2D eigenvalue weighted by Crippen LogP contribution is -2.24. The van der Waals surface area contributed by atoms with Crippen LogP contribution in [-0.2, 0) is 20.3 Å². The lowest BCUT2D eigenvalue weighted by molar-refractivity contribution is -0.140. The third kappa shape index (κ3) is 4.32. The first-order chi connectivity index (χ1) is 5.38. The average Bonchev–Trinajstić information content (AvgIpc) is 1.85. The van der Waals surface area contributed by atoms with Crippen molar-refractivity contribution < 1.29 is 26.9 Å². The van der Waals surface area contributed by atoms with E-state index in [1.807, 2.05) is 0 Å². The Morgan fingerprint density at radius 2 is 2.00 bits per heavy atom. The molecule has 0 saturated carbocycles. The molecule has 0 heterocycles. The summed E-state index contributed by atoms with van der Waals surface area (Å²) in [6, 6.07) is 0. The molecule has 12 heavy (non-hydrogen) atoms. The fourth-order valence-electron chi connectivity index (χ4n) is 0.392. The third-order valence-electron chi connectivity index (χ3n) is 0.812. The molecule has 1 unspecified atom stereocenters. The molecule has 0 bridgehead atoms. The van der Waals surface area contributed by atoms with E-state index in [9.17, 15) is 22.2 Å². The second kappa shape index (κ2) is 4.44. The lowest BCUT2D eigenvalue weighted by atomic mass is 10.8. The Bertz CT molecular complexity index is 189. The normalized spacial score (nSPS) is 14.0. The van der Waals surface area contributed by atoms with Gasteiger partial charge in [-0.3, -0.25) is 4.79 Å². The van der Waals surface area contributed by atoms with Crippen molar-refractivity contribution in [2.75, 3.05) is 12.4 Å². The Kier molecular flexibility index (Phi) is 4.22. The maximum atomic E-state index is 11.5. The molecule has 3 nitrogen and oxygen atoms in total. The zero-order valence-electron chi connectivity index (χ0n) is 6.18. The van der Waals surface area contributed by atoms with Crippen LogP contribution in [0.5, 0.6) is 0 Å². The number of rotatable bonds is 3. The predicted octanol–water partition coefficient (Wildman–Crippen LogP) is 0.818. The summed E-state index contributed by atoms with van der Waals surface area (Å²) in [4.78, 5) is 10.4. The van der Waals surface area contributed by atoms with Gasteiger partial charge in [0.25, 0.3) is 0 Å². The summed E-state index contributed by atoms with van der Waals surface area (Å²) in [6.07, 6.45) is 0. The van der Waals surface area contributed by atoms with Gasteiger partial charge in [-0.1, -0.05) is 0 Å². The molecule has 0 amide bonds. The number of hydrogen-bond donors (Lipinski definition) is 0. The van der Waals surface area contributed by atoms with Crippen LogP contribution in [0.1, 0.15) is 6.92 Å². The predicted molar refractivity (Wildman–Crippen MR) is 35.7 cm³/mol. The summed E-state index contributed by atoms with van der Waals surface area (Å²) in [7, 11) is -3.14. The molecule has 0 aliphatic rings. The monoisotopic (exact) mass is 204 g/mol. The van der Waals surface area contributed by atoms with Crippen LogP contribution in [0.2, 0.25) is 0 Å². The summed E-state index contributed by atoms with van der Waals surface area (Å²) < 4.78 is 49.0. The summed E-state index contributed by atoms with van der Waals surface area (Å²) in [6.45, 7) is 1.43. The average molecular weight is 204 g/mol. The van der Waals surface area contributed by atoms with Crippen LogP contribution in [0.4, 0.5) is 13.2 Å². The quantitative estimate of drug-likeness (QED) is 0.639. The molecule has 0 radical (unpaired) electrons. The second-order valence-electron chi connectivity index (χ2n) is 1.74. The molecular weight excluding hydrogens is 197 g/mol. The highest BCUT2D eigenvalue weighted by Crippen LogP contribution is 2.19. The minimum atomic E-state index is -4.84. The van der Waals surface area contributed by atoms with E-state index in [0.29, 0.717) is 0 Å². The molecule has 0 N–H and O–H groups in total. The number of halogens is 3. The third-order valence-corrected chi connectivity index (χ3v) is 1.83. The fourth-order valence-corrected chi connectivity index (χ4v) is 0.853. The molecule has 0 aromatic carbocycles. The van der Waals surface area contributed by atoms with Gasteiger partial charge in [-0.15, -0.1) is 0 Å². The molecular formula is C5H7F3O3S. The Hall–Kier alpha value is -0.590. The molecule has 1 atom stereocenters. The van der Waals surface area contributed by atoms with E-state index in [1.54, 1.807) is 0 Å². The fraction of sp³-hybridized carbons (Fsp3) is 0.800. The molecule has 0 aliphatic carbocycles. The largest absolute Gasteiger partial charge is 0.471 e. The highest BCUT2D eigenvalue weighted by molar-refractivity contribution is 7.86. The number of alkyl halides is 3. The minimum Gasteiger partial charge on any atom is -0.465 e. The molecule has 0 aromatic heterocycles. The summed E-state index contributed by atoms with van der Waals surface area (Å²) in [5.41, 5.74) is -4.84. The van der Waals surface area contributed by atoms with E-state index in [0.717, 1.165) is 0 Å². The Labute approximate surface area is 69.3 Å². The van der Waals surface area contributed by atoms with Gasteiger partial charge in [-0.05, 0) is 6.92 Å². The van der Waals surface area contributed by atoms with Crippen LogP contribution in [-0.4, -0.2) is 28.0 Å². The Balaban J connectivity index is 3.94. The van der Waals surface area contributed by atoms with E-state index < -0.39 is 28.0 Å². The molecule has 0 aliphatic heterocycles. The van der Waals surface area contributed by atoms with E-state index in [1.165, 1.54) is 6.92 Å². The van der Waals surface area contributed by atoms with Crippen LogP contribution < -0.4 is 0 Å². The second-order valence-corrected chi connectivity index (χ2v) is 3.18. The van der Waals surface area contributed by atoms with Gasteiger partial charge >= 0.3 is 11.5 Å². The lowest BCUT2D eigenvalue weighted by Gasteiger charge is -2.04. The molecule has 72 valence electrons. The first-order valence-electron chi connectivity index (χ1n) is 2.98. The van der Waals surface area contributed by atoms with E-state index in [2.05, 4.69) is 4.74 Å². The van der Waals surface area contributed by atoms with Crippen molar-refractivity contribution in [3.63, 3.8) is 0 Å². The van der Waals surface area contributed by atoms with Crippen LogP contribution in [0.3, 0.4) is 0 Å². The molecule has 0 saturated heterocycles. The van der Waals surface area contributed by atoms with Gasteiger partial charge in [-0.25, -0.2) is 4.21 Å². The van der Waals surface area contributed by atoms with Crippen molar-refractivity contribution in [3.8, 4) is 0 Å². The van der Waals surface area contributed by atoms with Crippen molar-refractivity contribution in [3.05, 3.63) is 0 Å². The van der Waals surface area contributed by atoms with Crippen LogP contribution in [0.15, 0.2) is 0 Å². The van der Waals surface area contributed by atoms with E-state index in [4.69, 9.17) is 0 Å². The van der Waals surface area contributed by atoms with E-state index in [-0.39, 0.29) is 6.61 Å². The number of hydrogen-bond acceptors (Lipinski definition) is 3. The van der Waals surface area contributed by atoms with Gasteiger partial charge in [-0.2, -0.15) is 13.2 Å². The van der Waals surface area contributed by atoms with Gasteiger partial charge < -0.3 is 4.74 Å². The number of carbonyl (C=O) groups is 1. The smallest absolute Gasteiger partial charge is 0.465 e. The Morgan fingerprint density at radius 1 is 1.50 bits per heavy atom. The number of ether oxygens (including phenoxy) is 1. The van der Waals surface area contributed by atoms with Gasteiger partial charge in [0.2, 0.25) is 0 Å². The minimum absolute atomic E-state index is 0.0199. The molecule has 0 aromatic rings. The maximum absolute atomic E-state index is 11.5. The van der Waals surface area contributed by atoms with Crippen LogP contribution in [0, 0.1) is 0 Å². The van der Waals surface area contributed by atoms with E-state index >= 15 is 0 Å². The topological polar surface area (TPSA) is 43.4 Å².